The molecule has 1 aromatic rings. The number of fused-ring (bicyclic) bond motifs is 1. The molecule has 2 heterocycles. The molecule has 102 valence electrons. The summed E-state index contributed by atoms with van der Waals surface area (Å²) in [5.41, 5.74) is 0.339. The lowest BCUT2D eigenvalue weighted by Gasteiger charge is -2.32. The Labute approximate surface area is 112 Å². The van der Waals surface area contributed by atoms with Crippen molar-refractivity contribution < 1.29 is 14.7 Å². The molecule has 1 N–H and O–H groups in total. The first-order valence-corrected chi connectivity index (χ1v) is 6.49. The molecule has 0 unspecified atom stereocenters. The van der Waals surface area contributed by atoms with Crippen molar-refractivity contribution in [2.45, 2.75) is 26.7 Å². The number of imide groups is 1. The zero-order valence-electron chi connectivity index (χ0n) is 11.2. The second kappa shape index (κ2) is 5.09. The molecular formula is C14H18N2O3. The van der Waals surface area contributed by atoms with Crippen molar-refractivity contribution in [3.05, 3.63) is 29.6 Å². The third-order valence-corrected chi connectivity index (χ3v) is 4.10. The number of amides is 2. The lowest BCUT2D eigenvalue weighted by Crippen LogP contribution is -2.42. The molecule has 0 spiro atoms. The van der Waals surface area contributed by atoms with Gasteiger partial charge in [0.05, 0.1) is 17.7 Å². The minimum atomic E-state index is -0.416. The van der Waals surface area contributed by atoms with Crippen LogP contribution in [0.5, 0.6) is 0 Å². The molecule has 0 radical (unpaired) electrons. The summed E-state index contributed by atoms with van der Waals surface area (Å²) in [6, 6.07) is 1.56. The van der Waals surface area contributed by atoms with Gasteiger partial charge in [0.15, 0.2) is 0 Å². The van der Waals surface area contributed by atoms with Crippen molar-refractivity contribution in [2.24, 2.45) is 5.41 Å². The van der Waals surface area contributed by atoms with Crippen LogP contribution < -0.4 is 0 Å². The maximum atomic E-state index is 12.2. The number of hydrogen-bond donors (Lipinski definition) is 1. The Bertz CT molecular complexity index is 466. The van der Waals surface area contributed by atoms with E-state index in [0.29, 0.717) is 24.0 Å². The number of pyridine rings is 1. The number of nitrogens with zero attached hydrogens (tertiary/aromatic N) is 2. The number of aliphatic hydroxyl groups excluding tert-OH is 1. The molecule has 5 heteroatoms. The number of aliphatic hydroxyl groups is 1. The molecule has 2 amide bonds. The summed E-state index contributed by atoms with van der Waals surface area (Å²) < 4.78 is 0. The van der Waals surface area contributed by atoms with Gasteiger partial charge in [-0.1, -0.05) is 13.8 Å². The highest BCUT2D eigenvalue weighted by atomic mass is 16.3. The standard InChI is InChI=1S/C14H18N2O3/c1-3-14(4-2,9-17)8-16-12(18)10-5-6-15-7-11(10)13(16)19/h5-7,17H,3-4,8-9H2,1-2H3. The van der Waals surface area contributed by atoms with Crippen LogP contribution in [0.15, 0.2) is 18.5 Å². The van der Waals surface area contributed by atoms with Crippen LogP contribution in [0, 0.1) is 5.41 Å². The Hall–Kier alpha value is -1.75. The van der Waals surface area contributed by atoms with Gasteiger partial charge in [-0.3, -0.25) is 19.5 Å². The van der Waals surface area contributed by atoms with Crippen LogP contribution in [-0.2, 0) is 0 Å². The van der Waals surface area contributed by atoms with Crippen LogP contribution in [0.1, 0.15) is 47.4 Å². The highest BCUT2D eigenvalue weighted by Crippen LogP contribution is 2.31. The third kappa shape index (κ3) is 2.14. The number of aromatic nitrogens is 1. The van der Waals surface area contributed by atoms with Crippen molar-refractivity contribution in [1.29, 1.82) is 0 Å². The summed E-state index contributed by atoms with van der Waals surface area (Å²) in [5.74, 6) is -0.602. The summed E-state index contributed by atoms with van der Waals surface area (Å²) in [4.78, 5) is 29.6. The molecule has 0 saturated carbocycles. The maximum Gasteiger partial charge on any atom is 0.263 e. The van der Waals surface area contributed by atoms with Gasteiger partial charge in [0, 0.05) is 24.4 Å². The van der Waals surface area contributed by atoms with Crippen molar-refractivity contribution in [3.8, 4) is 0 Å². The van der Waals surface area contributed by atoms with E-state index in [1.54, 1.807) is 6.07 Å². The smallest absolute Gasteiger partial charge is 0.263 e. The Morgan fingerprint density at radius 3 is 2.37 bits per heavy atom. The molecule has 1 aromatic heterocycles. The zero-order valence-corrected chi connectivity index (χ0v) is 11.2. The van der Waals surface area contributed by atoms with E-state index < -0.39 is 5.41 Å². The molecule has 0 aromatic carbocycles. The fourth-order valence-electron chi connectivity index (χ4n) is 2.36. The Kier molecular flexibility index (Phi) is 3.66. The third-order valence-electron chi connectivity index (χ3n) is 4.10. The predicted octanol–water partition coefficient (Wildman–Crippen LogP) is 1.48. The minimum Gasteiger partial charge on any atom is -0.396 e. The van der Waals surface area contributed by atoms with E-state index in [9.17, 15) is 14.7 Å². The van der Waals surface area contributed by atoms with E-state index in [0.717, 1.165) is 0 Å². The summed E-state index contributed by atoms with van der Waals surface area (Å²) in [6.07, 6.45) is 4.36. The summed E-state index contributed by atoms with van der Waals surface area (Å²) in [6.45, 7) is 4.13. The predicted molar refractivity (Wildman–Crippen MR) is 69.7 cm³/mol. The number of carbonyl (C=O) groups excluding carboxylic acids is 2. The number of carbonyl (C=O) groups is 2. The van der Waals surface area contributed by atoms with Crippen molar-refractivity contribution in [1.82, 2.24) is 9.88 Å². The van der Waals surface area contributed by atoms with Crippen molar-refractivity contribution in [2.75, 3.05) is 13.2 Å². The average Bonchev–Trinajstić information content (AvgIpc) is 2.70. The second-order valence-corrected chi connectivity index (χ2v) is 4.98. The van der Waals surface area contributed by atoms with Crippen molar-refractivity contribution >= 4 is 11.8 Å². The molecule has 1 aliphatic rings. The van der Waals surface area contributed by atoms with Gasteiger partial charge < -0.3 is 5.11 Å². The van der Waals surface area contributed by atoms with Gasteiger partial charge in [0.25, 0.3) is 11.8 Å². The lowest BCUT2D eigenvalue weighted by molar-refractivity contribution is 0.0438. The quantitative estimate of drug-likeness (QED) is 0.816. The molecule has 0 fully saturated rings. The van der Waals surface area contributed by atoms with Gasteiger partial charge in [0.1, 0.15) is 0 Å². The van der Waals surface area contributed by atoms with Gasteiger partial charge >= 0.3 is 0 Å². The van der Waals surface area contributed by atoms with Gasteiger partial charge in [0.2, 0.25) is 0 Å². The van der Waals surface area contributed by atoms with E-state index >= 15 is 0 Å². The Morgan fingerprint density at radius 1 is 1.21 bits per heavy atom. The van der Waals surface area contributed by atoms with Crippen LogP contribution in [0.2, 0.25) is 0 Å². The normalized spacial score (nSPS) is 15.0. The average molecular weight is 262 g/mol. The van der Waals surface area contributed by atoms with Crippen LogP contribution in [0.4, 0.5) is 0 Å². The minimum absolute atomic E-state index is 0.0361. The fraction of sp³-hybridized carbons (Fsp3) is 0.500. The molecule has 0 aliphatic carbocycles. The second-order valence-electron chi connectivity index (χ2n) is 4.98. The molecule has 19 heavy (non-hydrogen) atoms. The first-order chi connectivity index (χ1) is 9.08. The first-order valence-electron chi connectivity index (χ1n) is 6.49. The van der Waals surface area contributed by atoms with Gasteiger partial charge in [-0.05, 0) is 18.9 Å². The monoisotopic (exact) mass is 262 g/mol. The summed E-state index contributed by atoms with van der Waals surface area (Å²) in [7, 11) is 0. The molecule has 5 nitrogen and oxygen atoms in total. The first kappa shape index (κ1) is 13.7. The van der Waals surface area contributed by atoms with Crippen LogP contribution >= 0.6 is 0 Å². The number of hydrogen-bond acceptors (Lipinski definition) is 4. The molecule has 0 bridgehead atoms. The van der Waals surface area contributed by atoms with Gasteiger partial charge in [-0.15, -0.1) is 0 Å². The largest absolute Gasteiger partial charge is 0.396 e. The zero-order chi connectivity index (χ0) is 14.0. The lowest BCUT2D eigenvalue weighted by atomic mass is 9.82. The van der Waals surface area contributed by atoms with E-state index in [1.165, 1.54) is 17.3 Å². The number of rotatable bonds is 5. The molecule has 0 saturated heterocycles. The molecular weight excluding hydrogens is 244 g/mol. The van der Waals surface area contributed by atoms with Crippen LogP contribution in [0.25, 0.3) is 0 Å². The maximum absolute atomic E-state index is 12.2. The summed E-state index contributed by atoms with van der Waals surface area (Å²) in [5, 5.41) is 9.56. The molecule has 2 rings (SSSR count). The van der Waals surface area contributed by atoms with Gasteiger partial charge in [-0.25, -0.2) is 0 Å². The van der Waals surface area contributed by atoms with Crippen LogP contribution in [0.3, 0.4) is 0 Å². The highest BCUT2D eigenvalue weighted by molar-refractivity contribution is 6.21. The van der Waals surface area contributed by atoms with Gasteiger partial charge in [-0.2, -0.15) is 0 Å². The van der Waals surface area contributed by atoms with E-state index in [1.807, 2.05) is 13.8 Å². The van der Waals surface area contributed by atoms with E-state index in [4.69, 9.17) is 0 Å². The highest BCUT2D eigenvalue weighted by Gasteiger charge is 2.40. The summed E-state index contributed by atoms with van der Waals surface area (Å²) >= 11 is 0. The van der Waals surface area contributed by atoms with E-state index in [-0.39, 0.29) is 25.0 Å². The fourth-order valence-corrected chi connectivity index (χ4v) is 2.36. The molecule has 0 atom stereocenters. The van der Waals surface area contributed by atoms with E-state index in [2.05, 4.69) is 4.98 Å². The Balaban J connectivity index is 2.30. The van der Waals surface area contributed by atoms with Crippen LogP contribution in [-0.4, -0.2) is 40.0 Å². The SMILES string of the molecule is CCC(CC)(CO)CN1C(=O)c2ccncc2C1=O. The Morgan fingerprint density at radius 2 is 1.84 bits per heavy atom. The topological polar surface area (TPSA) is 70.5 Å². The van der Waals surface area contributed by atoms with Crippen molar-refractivity contribution in [3.63, 3.8) is 0 Å². The molecule has 1 aliphatic heterocycles.